The topological polar surface area (TPSA) is 80.3 Å². The third kappa shape index (κ3) is 2.68. The number of nitrogens with one attached hydrogen (secondary N) is 1. The SMILES string of the molecule is O=C(c1ccn[nH]1)N1C[C@H](Oc2cccnc2)[C@H]2OCCC[C@H]21. The zero-order valence-electron chi connectivity index (χ0n) is 12.6. The minimum absolute atomic E-state index is 0.0428. The number of hydrogen-bond donors (Lipinski definition) is 1. The van der Waals surface area contributed by atoms with Gasteiger partial charge in [0.25, 0.3) is 5.91 Å². The Labute approximate surface area is 133 Å². The summed E-state index contributed by atoms with van der Waals surface area (Å²) in [5, 5.41) is 6.60. The van der Waals surface area contributed by atoms with E-state index in [0.29, 0.717) is 24.6 Å². The zero-order chi connectivity index (χ0) is 15.6. The summed E-state index contributed by atoms with van der Waals surface area (Å²) in [5.41, 5.74) is 0.497. The van der Waals surface area contributed by atoms with Crippen molar-refractivity contribution in [1.29, 1.82) is 0 Å². The van der Waals surface area contributed by atoms with Crippen LogP contribution >= 0.6 is 0 Å². The van der Waals surface area contributed by atoms with Gasteiger partial charge in [-0.25, -0.2) is 0 Å². The summed E-state index contributed by atoms with van der Waals surface area (Å²) in [6.07, 6.45) is 6.56. The van der Waals surface area contributed by atoms with Crippen LogP contribution in [0.2, 0.25) is 0 Å². The Morgan fingerprint density at radius 3 is 3.13 bits per heavy atom. The van der Waals surface area contributed by atoms with Crippen molar-refractivity contribution in [2.75, 3.05) is 13.2 Å². The highest BCUT2D eigenvalue weighted by Gasteiger charge is 2.47. The first-order chi connectivity index (χ1) is 11.3. The fourth-order valence-corrected chi connectivity index (χ4v) is 3.37. The lowest BCUT2D eigenvalue weighted by Gasteiger charge is -2.31. The molecule has 2 fully saturated rings. The number of carbonyl (C=O) groups excluding carboxylic acids is 1. The number of carbonyl (C=O) groups is 1. The second-order valence-electron chi connectivity index (χ2n) is 5.82. The second kappa shape index (κ2) is 6.00. The maximum absolute atomic E-state index is 12.7. The molecular formula is C16H18N4O3. The lowest BCUT2D eigenvalue weighted by atomic mass is 10.0. The molecule has 2 saturated heterocycles. The Morgan fingerprint density at radius 2 is 2.35 bits per heavy atom. The highest BCUT2D eigenvalue weighted by Crippen LogP contribution is 2.32. The summed E-state index contributed by atoms with van der Waals surface area (Å²) in [6.45, 7) is 1.21. The number of aromatic amines is 1. The number of hydrogen-bond acceptors (Lipinski definition) is 5. The number of amides is 1. The number of likely N-dealkylation sites (tertiary alicyclic amines) is 1. The Hall–Kier alpha value is -2.41. The number of H-pyrrole nitrogens is 1. The van der Waals surface area contributed by atoms with Crippen molar-refractivity contribution in [2.45, 2.75) is 31.1 Å². The molecule has 0 bridgehead atoms. The molecule has 23 heavy (non-hydrogen) atoms. The molecule has 2 aliphatic rings. The average molecular weight is 314 g/mol. The Balaban J connectivity index is 1.56. The molecule has 7 nitrogen and oxygen atoms in total. The highest BCUT2D eigenvalue weighted by molar-refractivity contribution is 5.92. The van der Waals surface area contributed by atoms with Crippen LogP contribution in [0.25, 0.3) is 0 Å². The normalized spacial score (nSPS) is 26.8. The monoisotopic (exact) mass is 314 g/mol. The van der Waals surface area contributed by atoms with Crippen molar-refractivity contribution in [3.8, 4) is 5.75 Å². The first kappa shape index (κ1) is 14.2. The quantitative estimate of drug-likeness (QED) is 0.922. The number of pyridine rings is 1. The van der Waals surface area contributed by atoms with Crippen molar-refractivity contribution in [3.63, 3.8) is 0 Å². The Kier molecular flexibility index (Phi) is 3.70. The summed E-state index contributed by atoms with van der Waals surface area (Å²) >= 11 is 0. The lowest BCUT2D eigenvalue weighted by Crippen LogP contribution is -2.44. The third-order valence-corrected chi connectivity index (χ3v) is 4.39. The lowest BCUT2D eigenvalue weighted by molar-refractivity contribution is -0.0447. The van der Waals surface area contributed by atoms with Crippen LogP contribution in [0.3, 0.4) is 0 Å². The summed E-state index contributed by atoms with van der Waals surface area (Å²) in [7, 11) is 0. The highest BCUT2D eigenvalue weighted by atomic mass is 16.5. The van der Waals surface area contributed by atoms with Crippen LogP contribution in [0, 0.1) is 0 Å². The van der Waals surface area contributed by atoms with Gasteiger partial charge in [0.2, 0.25) is 0 Å². The van der Waals surface area contributed by atoms with Gasteiger partial charge in [0.05, 0.1) is 18.8 Å². The summed E-state index contributed by atoms with van der Waals surface area (Å²) < 4.78 is 12.0. The van der Waals surface area contributed by atoms with Crippen LogP contribution in [0.4, 0.5) is 0 Å². The van der Waals surface area contributed by atoms with Gasteiger partial charge in [-0.2, -0.15) is 5.10 Å². The standard InChI is InChI=1S/C16H18N4O3/c21-16(12-5-7-18-19-12)20-10-14(15-13(20)4-2-8-22-15)23-11-3-1-6-17-9-11/h1,3,5-7,9,13-15H,2,4,8,10H2,(H,18,19)/t13-,14+,15+/m1/s1. The van der Waals surface area contributed by atoms with Gasteiger partial charge < -0.3 is 14.4 Å². The fourth-order valence-electron chi connectivity index (χ4n) is 3.37. The number of fused-ring (bicyclic) bond motifs is 1. The van der Waals surface area contributed by atoms with Gasteiger partial charge in [-0.15, -0.1) is 0 Å². The van der Waals surface area contributed by atoms with Crippen molar-refractivity contribution >= 4 is 5.91 Å². The molecule has 1 N–H and O–H groups in total. The van der Waals surface area contributed by atoms with E-state index in [2.05, 4.69) is 15.2 Å². The molecule has 1 amide bonds. The summed E-state index contributed by atoms with van der Waals surface area (Å²) in [4.78, 5) is 18.6. The number of aromatic nitrogens is 3. The first-order valence-corrected chi connectivity index (χ1v) is 7.81. The first-order valence-electron chi connectivity index (χ1n) is 7.81. The fraction of sp³-hybridized carbons (Fsp3) is 0.438. The molecule has 3 atom stereocenters. The van der Waals surface area contributed by atoms with E-state index < -0.39 is 0 Å². The van der Waals surface area contributed by atoms with Crippen LogP contribution in [0.1, 0.15) is 23.3 Å². The van der Waals surface area contributed by atoms with Crippen molar-refractivity contribution in [2.24, 2.45) is 0 Å². The zero-order valence-corrected chi connectivity index (χ0v) is 12.6. The van der Waals surface area contributed by atoms with Crippen LogP contribution in [-0.4, -0.2) is 57.4 Å². The van der Waals surface area contributed by atoms with E-state index in [1.54, 1.807) is 24.7 Å². The molecule has 0 aliphatic carbocycles. The van der Waals surface area contributed by atoms with Gasteiger partial charge in [-0.3, -0.25) is 14.9 Å². The predicted octanol–water partition coefficient (Wildman–Crippen LogP) is 1.26. The van der Waals surface area contributed by atoms with Crippen molar-refractivity contribution < 1.29 is 14.3 Å². The van der Waals surface area contributed by atoms with Crippen LogP contribution in [0.15, 0.2) is 36.8 Å². The number of nitrogens with zero attached hydrogens (tertiary/aromatic N) is 3. The molecule has 2 aromatic heterocycles. The molecule has 7 heteroatoms. The number of ether oxygens (including phenoxy) is 2. The van der Waals surface area contributed by atoms with Crippen LogP contribution in [0.5, 0.6) is 5.75 Å². The third-order valence-electron chi connectivity index (χ3n) is 4.39. The molecule has 0 aromatic carbocycles. The minimum atomic E-state index is -0.184. The van der Waals surface area contributed by atoms with Crippen LogP contribution < -0.4 is 4.74 Å². The Morgan fingerprint density at radius 1 is 1.39 bits per heavy atom. The van der Waals surface area contributed by atoms with Gasteiger partial charge in [-0.05, 0) is 31.0 Å². The largest absolute Gasteiger partial charge is 0.484 e. The van der Waals surface area contributed by atoms with Gasteiger partial charge in [0.15, 0.2) is 0 Å². The Bertz CT molecular complexity index is 661. The molecule has 4 rings (SSSR count). The number of rotatable bonds is 3. The molecule has 0 spiro atoms. The minimum Gasteiger partial charge on any atom is -0.484 e. The summed E-state index contributed by atoms with van der Waals surface area (Å²) in [6, 6.07) is 5.43. The van der Waals surface area contributed by atoms with Gasteiger partial charge in [-0.1, -0.05) is 0 Å². The van der Waals surface area contributed by atoms with Gasteiger partial charge in [0, 0.05) is 19.0 Å². The van der Waals surface area contributed by atoms with Crippen molar-refractivity contribution in [3.05, 3.63) is 42.5 Å². The molecule has 0 radical (unpaired) electrons. The van der Waals surface area contributed by atoms with E-state index >= 15 is 0 Å². The van der Waals surface area contributed by atoms with E-state index in [-0.39, 0.29) is 24.2 Å². The maximum atomic E-state index is 12.7. The molecule has 4 heterocycles. The summed E-state index contributed by atoms with van der Waals surface area (Å²) in [5.74, 6) is 0.640. The van der Waals surface area contributed by atoms with Crippen molar-refractivity contribution in [1.82, 2.24) is 20.1 Å². The van der Waals surface area contributed by atoms with Gasteiger partial charge in [0.1, 0.15) is 23.7 Å². The molecule has 0 saturated carbocycles. The van der Waals surface area contributed by atoms with E-state index in [9.17, 15) is 4.79 Å². The molecule has 0 unspecified atom stereocenters. The van der Waals surface area contributed by atoms with Gasteiger partial charge >= 0.3 is 0 Å². The van der Waals surface area contributed by atoms with E-state index in [4.69, 9.17) is 9.47 Å². The average Bonchev–Trinajstić information content (AvgIpc) is 3.24. The molecular weight excluding hydrogens is 296 g/mol. The van der Waals surface area contributed by atoms with Crippen LogP contribution in [-0.2, 0) is 4.74 Å². The smallest absolute Gasteiger partial charge is 0.272 e. The maximum Gasteiger partial charge on any atom is 0.272 e. The van der Waals surface area contributed by atoms with E-state index in [0.717, 1.165) is 12.8 Å². The molecule has 120 valence electrons. The molecule has 2 aromatic rings. The molecule has 2 aliphatic heterocycles. The predicted molar refractivity (Wildman–Crippen MR) is 81.0 cm³/mol. The van der Waals surface area contributed by atoms with E-state index in [1.165, 1.54) is 0 Å². The van der Waals surface area contributed by atoms with E-state index in [1.807, 2.05) is 17.0 Å². The second-order valence-corrected chi connectivity index (χ2v) is 5.82.